The molecule has 0 aromatic heterocycles. The van der Waals surface area contributed by atoms with Crippen molar-refractivity contribution in [2.24, 2.45) is 5.41 Å². The van der Waals surface area contributed by atoms with E-state index < -0.39 is 11.4 Å². The summed E-state index contributed by atoms with van der Waals surface area (Å²) < 4.78 is 0. The van der Waals surface area contributed by atoms with Gasteiger partial charge in [-0.25, -0.2) is 0 Å². The number of carboxylic acids is 1. The van der Waals surface area contributed by atoms with E-state index in [9.17, 15) is 14.4 Å². The molecule has 0 aromatic rings. The zero-order valence-corrected chi connectivity index (χ0v) is 9.50. The standard InChI is InChI=1S/C11H18O4/c1-11(2,3)9(13)6-4-8(12)5-7-10(14)15/h4-7H2,1-3H3,(H,14,15). The Hall–Kier alpha value is -1.19. The summed E-state index contributed by atoms with van der Waals surface area (Å²) in [6, 6.07) is 0. The van der Waals surface area contributed by atoms with Gasteiger partial charge in [0, 0.05) is 24.7 Å². The molecule has 0 spiro atoms. The Morgan fingerprint density at radius 3 is 1.80 bits per heavy atom. The minimum Gasteiger partial charge on any atom is -0.481 e. The van der Waals surface area contributed by atoms with Crippen LogP contribution in [0.15, 0.2) is 0 Å². The first-order valence-corrected chi connectivity index (χ1v) is 5.00. The molecule has 0 aliphatic rings. The fraction of sp³-hybridized carbons (Fsp3) is 0.727. The fourth-order valence-electron chi connectivity index (χ4n) is 0.999. The van der Waals surface area contributed by atoms with Crippen molar-refractivity contribution in [3.63, 3.8) is 0 Å². The third kappa shape index (κ3) is 6.82. The molecule has 0 radical (unpaired) electrons. The molecule has 0 rings (SSSR count). The number of carbonyl (C=O) groups is 3. The van der Waals surface area contributed by atoms with Gasteiger partial charge in [0.25, 0.3) is 0 Å². The lowest BCUT2D eigenvalue weighted by molar-refractivity contribution is -0.138. The molecule has 0 amide bonds. The summed E-state index contributed by atoms with van der Waals surface area (Å²) in [6.45, 7) is 5.41. The number of hydrogen-bond donors (Lipinski definition) is 1. The highest BCUT2D eigenvalue weighted by Gasteiger charge is 2.21. The summed E-state index contributed by atoms with van der Waals surface area (Å²) in [7, 11) is 0. The van der Waals surface area contributed by atoms with Crippen LogP contribution in [0.25, 0.3) is 0 Å². The second-order valence-electron chi connectivity index (χ2n) is 4.61. The molecule has 1 N–H and O–H groups in total. The predicted octanol–water partition coefficient (Wildman–Crippen LogP) is 1.82. The summed E-state index contributed by atoms with van der Waals surface area (Å²) in [6.07, 6.45) is 0.237. The van der Waals surface area contributed by atoms with Crippen LogP contribution in [0, 0.1) is 5.41 Å². The molecule has 0 aliphatic carbocycles. The first kappa shape index (κ1) is 13.8. The zero-order valence-electron chi connectivity index (χ0n) is 9.50. The van der Waals surface area contributed by atoms with Crippen molar-refractivity contribution in [3.05, 3.63) is 0 Å². The largest absolute Gasteiger partial charge is 0.481 e. The lowest BCUT2D eigenvalue weighted by atomic mass is 9.87. The van der Waals surface area contributed by atoms with Crippen molar-refractivity contribution in [1.82, 2.24) is 0 Å². The molecule has 0 atom stereocenters. The number of Topliss-reactive ketones (excluding diaryl/α,β-unsaturated/α-hetero) is 2. The van der Waals surface area contributed by atoms with Crippen LogP contribution in [0.3, 0.4) is 0 Å². The first-order chi connectivity index (χ1) is 6.73. The normalized spacial score (nSPS) is 11.1. The van der Waals surface area contributed by atoms with Crippen molar-refractivity contribution in [2.45, 2.75) is 46.5 Å². The molecule has 0 heterocycles. The average molecular weight is 214 g/mol. The van der Waals surface area contributed by atoms with Crippen LogP contribution in [-0.2, 0) is 14.4 Å². The van der Waals surface area contributed by atoms with E-state index in [2.05, 4.69) is 0 Å². The highest BCUT2D eigenvalue weighted by atomic mass is 16.4. The molecular weight excluding hydrogens is 196 g/mol. The van der Waals surface area contributed by atoms with E-state index in [0.29, 0.717) is 0 Å². The van der Waals surface area contributed by atoms with Crippen LogP contribution < -0.4 is 0 Å². The van der Waals surface area contributed by atoms with Gasteiger partial charge in [-0.3, -0.25) is 14.4 Å². The average Bonchev–Trinajstić information content (AvgIpc) is 2.09. The molecule has 4 heteroatoms. The van der Waals surface area contributed by atoms with E-state index in [1.165, 1.54) is 0 Å². The lowest BCUT2D eigenvalue weighted by Crippen LogP contribution is -2.20. The van der Waals surface area contributed by atoms with Crippen molar-refractivity contribution < 1.29 is 19.5 Å². The van der Waals surface area contributed by atoms with Crippen LogP contribution in [0.5, 0.6) is 0 Å². The predicted molar refractivity (Wildman–Crippen MR) is 55.6 cm³/mol. The summed E-state index contributed by atoms with van der Waals surface area (Å²) in [5.41, 5.74) is -0.424. The Labute approximate surface area is 89.7 Å². The molecule has 86 valence electrons. The van der Waals surface area contributed by atoms with Crippen molar-refractivity contribution >= 4 is 17.5 Å². The number of carbonyl (C=O) groups excluding carboxylic acids is 2. The van der Waals surface area contributed by atoms with E-state index in [1.54, 1.807) is 20.8 Å². The van der Waals surface area contributed by atoms with Gasteiger partial charge in [0.05, 0.1) is 6.42 Å². The van der Waals surface area contributed by atoms with Gasteiger partial charge >= 0.3 is 5.97 Å². The van der Waals surface area contributed by atoms with Gasteiger partial charge in [0.1, 0.15) is 11.6 Å². The molecule has 0 aromatic carbocycles. The third-order valence-corrected chi connectivity index (χ3v) is 2.09. The lowest BCUT2D eigenvalue weighted by Gasteiger charge is -2.15. The van der Waals surface area contributed by atoms with Gasteiger partial charge in [-0.2, -0.15) is 0 Å². The molecule has 15 heavy (non-hydrogen) atoms. The Morgan fingerprint density at radius 2 is 1.40 bits per heavy atom. The Bertz CT molecular complexity index is 260. The summed E-state index contributed by atoms with van der Waals surface area (Å²) in [5, 5.41) is 8.35. The molecule has 0 saturated heterocycles. The summed E-state index contributed by atoms with van der Waals surface area (Å²) >= 11 is 0. The maximum absolute atomic E-state index is 11.4. The molecule has 0 aliphatic heterocycles. The highest BCUT2D eigenvalue weighted by Crippen LogP contribution is 2.18. The van der Waals surface area contributed by atoms with E-state index >= 15 is 0 Å². The minimum absolute atomic E-state index is 0.0206. The van der Waals surface area contributed by atoms with Gasteiger partial charge in [-0.05, 0) is 0 Å². The fourth-order valence-corrected chi connectivity index (χ4v) is 0.999. The first-order valence-electron chi connectivity index (χ1n) is 5.00. The molecule has 0 saturated carbocycles. The quantitative estimate of drug-likeness (QED) is 0.732. The second-order valence-corrected chi connectivity index (χ2v) is 4.61. The van der Waals surface area contributed by atoms with Crippen molar-refractivity contribution in [1.29, 1.82) is 0 Å². The molecule has 0 bridgehead atoms. The van der Waals surface area contributed by atoms with Crippen LogP contribution in [0.1, 0.15) is 46.5 Å². The number of hydrogen-bond acceptors (Lipinski definition) is 3. The number of rotatable bonds is 6. The van der Waals surface area contributed by atoms with Gasteiger partial charge in [-0.1, -0.05) is 20.8 Å². The summed E-state index contributed by atoms with van der Waals surface area (Å²) in [4.78, 5) is 32.8. The minimum atomic E-state index is -0.981. The van der Waals surface area contributed by atoms with E-state index in [-0.39, 0.29) is 37.2 Å². The third-order valence-electron chi connectivity index (χ3n) is 2.09. The Morgan fingerprint density at radius 1 is 0.933 bits per heavy atom. The van der Waals surface area contributed by atoms with Gasteiger partial charge in [0.2, 0.25) is 0 Å². The van der Waals surface area contributed by atoms with Crippen LogP contribution in [-0.4, -0.2) is 22.6 Å². The van der Waals surface area contributed by atoms with E-state index in [4.69, 9.17) is 5.11 Å². The number of ketones is 2. The molecule has 4 nitrogen and oxygen atoms in total. The molecular formula is C11H18O4. The molecule has 0 fully saturated rings. The van der Waals surface area contributed by atoms with E-state index in [0.717, 1.165) is 0 Å². The van der Waals surface area contributed by atoms with Crippen molar-refractivity contribution in [2.75, 3.05) is 0 Å². The Kier molecular flexibility index (Phi) is 5.19. The maximum atomic E-state index is 11.4. The topological polar surface area (TPSA) is 71.4 Å². The van der Waals surface area contributed by atoms with Crippen LogP contribution in [0.4, 0.5) is 0 Å². The van der Waals surface area contributed by atoms with E-state index in [1.807, 2.05) is 0 Å². The maximum Gasteiger partial charge on any atom is 0.303 e. The van der Waals surface area contributed by atoms with Gasteiger partial charge < -0.3 is 5.11 Å². The van der Waals surface area contributed by atoms with Gasteiger partial charge in [-0.15, -0.1) is 0 Å². The monoisotopic (exact) mass is 214 g/mol. The second kappa shape index (κ2) is 5.63. The summed E-state index contributed by atoms with van der Waals surface area (Å²) in [5.74, 6) is -1.10. The van der Waals surface area contributed by atoms with Gasteiger partial charge in [0.15, 0.2) is 0 Å². The Balaban J connectivity index is 3.82. The highest BCUT2D eigenvalue weighted by molar-refractivity contribution is 5.89. The smallest absolute Gasteiger partial charge is 0.303 e. The van der Waals surface area contributed by atoms with Crippen LogP contribution in [0.2, 0.25) is 0 Å². The van der Waals surface area contributed by atoms with Crippen molar-refractivity contribution in [3.8, 4) is 0 Å². The van der Waals surface area contributed by atoms with Crippen LogP contribution >= 0.6 is 0 Å². The molecule has 0 unspecified atom stereocenters. The number of aliphatic carboxylic acids is 1. The SMILES string of the molecule is CC(C)(C)C(=O)CCC(=O)CCC(=O)O. The zero-order chi connectivity index (χ0) is 12.1. The number of carboxylic acid groups (broad SMARTS) is 1.